The van der Waals surface area contributed by atoms with Crippen LogP contribution in [0.15, 0.2) is 29.2 Å². The van der Waals surface area contributed by atoms with Crippen LogP contribution in [-0.4, -0.2) is 20.7 Å². The van der Waals surface area contributed by atoms with Crippen molar-refractivity contribution in [2.24, 2.45) is 5.92 Å². The van der Waals surface area contributed by atoms with Gasteiger partial charge in [0.15, 0.2) is 5.78 Å². The highest BCUT2D eigenvalue weighted by atomic mass is 32.2. The fourth-order valence-corrected chi connectivity index (χ4v) is 2.83. The summed E-state index contributed by atoms with van der Waals surface area (Å²) in [6.45, 7) is 1.80. The van der Waals surface area contributed by atoms with E-state index in [0.29, 0.717) is 0 Å². The molecule has 1 aliphatic rings. The molecule has 0 aromatic heterocycles. The minimum Gasteiger partial charge on any atom is -0.298 e. The number of ketones is 1. The predicted molar refractivity (Wildman–Crippen MR) is 68.7 cm³/mol. The van der Waals surface area contributed by atoms with E-state index in [1.54, 1.807) is 24.3 Å². The van der Waals surface area contributed by atoms with Crippen LogP contribution >= 0.6 is 0 Å². The molecule has 1 aliphatic carbocycles. The fraction of sp³-hybridized carbons (Fsp3) is 0.462. The SMILES string of the molecule is Cc1ccc(S(=O)(=O)NCC(=O)C2CCC2)cc1. The summed E-state index contributed by atoms with van der Waals surface area (Å²) in [4.78, 5) is 11.8. The molecule has 0 heterocycles. The third-order valence-corrected chi connectivity index (χ3v) is 4.75. The van der Waals surface area contributed by atoms with Crippen molar-refractivity contribution >= 4 is 15.8 Å². The Kier molecular flexibility index (Phi) is 3.82. The minimum atomic E-state index is -3.56. The highest BCUT2D eigenvalue weighted by molar-refractivity contribution is 7.89. The van der Waals surface area contributed by atoms with Gasteiger partial charge in [-0.3, -0.25) is 4.79 Å². The lowest BCUT2D eigenvalue weighted by Crippen LogP contribution is -2.35. The van der Waals surface area contributed by atoms with E-state index in [2.05, 4.69) is 4.72 Å². The molecule has 98 valence electrons. The second-order valence-corrected chi connectivity index (χ2v) is 6.50. The van der Waals surface area contributed by atoms with Crippen LogP contribution in [0.4, 0.5) is 0 Å². The summed E-state index contributed by atoms with van der Waals surface area (Å²) in [6, 6.07) is 6.57. The van der Waals surface area contributed by atoms with Crippen LogP contribution in [-0.2, 0) is 14.8 Å². The number of carbonyl (C=O) groups is 1. The maximum atomic E-state index is 11.9. The zero-order chi connectivity index (χ0) is 13.2. The molecule has 0 radical (unpaired) electrons. The van der Waals surface area contributed by atoms with Crippen LogP contribution in [0.1, 0.15) is 24.8 Å². The van der Waals surface area contributed by atoms with Crippen molar-refractivity contribution in [3.63, 3.8) is 0 Å². The molecule has 0 bridgehead atoms. The predicted octanol–water partition coefficient (Wildman–Crippen LogP) is 1.64. The van der Waals surface area contributed by atoms with E-state index in [4.69, 9.17) is 0 Å². The topological polar surface area (TPSA) is 63.2 Å². The number of rotatable bonds is 5. The van der Waals surface area contributed by atoms with E-state index < -0.39 is 10.0 Å². The van der Waals surface area contributed by atoms with Gasteiger partial charge in [0.25, 0.3) is 0 Å². The zero-order valence-electron chi connectivity index (χ0n) is 10.3. The maximum Gasteiger partial charge on any atom is 0.240 e. The lowest BCUT2D eigenvalue weighted by molar-refractivity contribution is -0.124. The number of sulfonamides is 1. The third-order valence-electron chi connectivity index (χ3n) is 3.33. The number of benzene rings is 1. The van der Waals surface area contributed by atoms with Gasteiger partial charge in [0, 0.05) is 5.92 Å². The Morgan fingerprint density at radius 1 is 1.28 bits per heavy atom. The molecule has 1 aromatic carbocycles. The van der Waals surface area contributed by atoms with Gasteiger partial charge in [-0.15, -0.1) is 0 Å². The molecule has 1 aromatic rings. The van der Waals surface area contributed by atoms with Gasteiger partial charge >= 0.3 is 0 Å². The van der Waals surface area contributed by atoms with Gasteiger partial charge in [-0.2, -0.15) is 0 Å². The van der Waals surface area contributed by atoms with E-state index in [-0.39, 0.29) is 23.1 Å². The average molecular weight is 267 g/mol. The number of Topliss-reactive ketones (excluding diaryl/α,β-unsaturated/α-hetero) is 1. The molecule has 1 fully saturated rings. The molecule has 0 saturated heterocycles. The van der Waals surface area contributed by atoms with Gasteiger partial charge in [0.05, 0.1) is 11.4 Å². The van der Waals surface area contributed by atoms with Crippen molar-refractivity contribution in [2.75, 3.05) is 6.54 Å². The van der Waals surface area contributed by atoms with Crippen molar-refractivity contribution < 1.29 is 13.2 Å². The summed E-state index contributed by atoms with van der Waals surface area (Å²) < 4.78 is 26.2. The van der Waals surface area contributed by atoms with Gasteiger partial charge < -0.3 is 0 Å². The summed E-state index contributed by atoms with van der Waals surface area (Å²) in [5.41, 5.74) is 1.000. The average Bonchev–Trinajstić information content (AvgIpc) is 2.25. The van der Waals surface area contributed by atoms with Crippen molar-refractivity contribution in [1.29, 1.82) is 0 Å². The van der Waals surface area contributed by atoms with Crippen molar-refractivity contribution in [3.8, 4) is 0 Å². The second-order valence-electron chi connectivity index (χ2n) is 4.73. The molecule has 5 heteroatoms. The number of aryl methyl sites for hydroxylation is 1. The zero-order valence-corrected chi connectivity index (χ0v) is 11.2. The van der Waals surface area contributed by atoms with Gasteiger partial charge in [0.1, 0.15) is 0 Å². The fourth-order valence-electron chi connectivity index (χ4n) is 1.84. The van der Waals surface area contributed by atoms with E-state index in [1.807, 2.05) is 6.92 Å². The monoisotopic (exact) mass is 267 g/mol. The molecule has 0 aliphatic heterocycles. The van der Waals surface area contributed by atoms with Gasteiger partial charge in [-0.25, -0.2) is 13.1 Å². The highest BCUT2D eigenvalue weighted by Gasteiger charge is 2.26. The van der Waals surface area contributed by atoms with Gasteiger partial charge in [-0.1, -0.05) is 24.1 Å². The Morgan fingerprint density at radius 3 is 2.39 bits per heavy atom. The van der Waals surface area contributed by atoms with Crippen molar-refractivity contribution in [3.05, 3.63) is 29.8 Å². The van der Waals surface area contributed by atoms with Crippen LogP contribution in [0, 0.1) is 12.8 Å². The number of hydrogen-bond donors (Lipinski definition) is 1. The molecule has 4 nitrogen and oxygen atoms in total. The van der Waals surface area contributed by atoms with E-state index in [1.165, 1.54) is 0 Å². The van der Waals surface area contributed by atoms with Crippen LogP contribution in [0.3, 0.4) is 0 Å². The van der Waals surface area contributed by atoms with Crippen molar-refractivity contribution in [1.82, 2.24) is 4.72 Å². The lowest BCUT2D eigenvalue weighted by Gasteiger charge is -2.23. The number of hydrogen-bond acceptors (Lipinski definition) is 3. The summed E-state index contributed by atoms with van der Waals surface area (Å²) in [7, 11) is -3.56. The smallest absolute Gasteiger partial charge is 0.240 e. The maximum absolute atomic E-state index is 11.9. The summed E-state index contributed by atoms with van der Waals surface area (Å²) >= 11 is 0. The summed E-state index contributed by atoms with van der Waals surface area (Å²) in [5, 5.41) is 0. The Bertz CT molecular complexity index is 530. The number of nitrogens with one attached hydrogen (secondary N) is 1. The summed E-state index contributed by atoms with van der Waals surface area (Å²) in [6.07, 6.45) is 2.86. The Balaban J connectivity index is 1.98. The molecule has 0 spiro atoms. The molecule has 0 amide bonds. The Morgan fingerprint density at radius 2 is 1.89 bits per heavy atom. The molecule has 0 unspecified atom stereocenters. The quantitative estimate of drug-likeness (QED) is 0.882. The van der Waals surface area contributed by atoms with E-state index in [9.17, 15) is 13.2 Å². The van der Waals surface area contributed by atoms with Gasteiger partial charge in [0.2, 0.25) is 10.0 Å². The molecule has 0 atom stereocenters. The lowest BCUT2D eigenvalue weighted by atomic mass is 9.82. The van der Waals surface area contributed by atoms with E-state index >= 15 is 0 Å². The molecular formula is C13H17NO3S. The molecular weight excluding hydrogens is 250 g/mol. The largest absolute Gasteiger partial charge is 0.298 e. The first-order chi connectivity index (χ1) is 8.49. The van der Waals surface area contributed by atoms with Crippen molar-refractivity contribution in [2.45, 2.75) is 31.1 Å². The minimum absolute atomic E-state index is 0.00284. The van der Waals surface area contributed by atoms with Crippen LogP contribution in [0.2, 0.25) is 0 Å². The number of carbonyl (C=O) groups excluding carboxylic acids is 1. The molecule has 18 heavy (non-hydrogen) atoms. The standard InChI is InChI=1S/C13H17NO3S/c1-10-5-7-12(8-6-10)18(16,17)14-9-13(15)11-3-2-4-11/h5-8,11,14H,2-4,9H2,1H3. The second kappa shape index (κ2) is 5.20. The highest BCUT2D eigenvalue weighted by Crippen LogP contribution is 2.26. The Labute approximate surface area is 107 Å². The molecule has 2 rings (SSSR count). The Hall–Kier alpha value is -1.20. The third kappa shape index (κ3) is 2.97. The van der Waals surface area contributed by atoms with Gasteiger partial charge in [-0.05, 0) is 31.9 Å². The first-order valence-electron chi connectivity index (χ1n) is 6.08. The molecule has 1 N–H and O–H groups in total. The van der Waals surface area contributed by atoms with E-state index in [0.717, 1.165) is 24.8 Å². The molecule has 1 saturated carbocycles. The van der Waals surface area contributed by atoms with Crippen LogP contribution in [0.5, 0.6) is 0 Å². The van der Waals surface area contributed by atoms with Crippen LogP contribution < -0.4 is 4.72 Å². The summed E-state index contributed by atoms with van der Waals surface area (Å²) in [5.74, 6) is 0.0580. The first-order valence-corrected chi connectivity index (χ1v) is 7.56. The normalized spacial score (nSPS) is 16.3. The van der Waals surface area contributed by atoms with Crippen LogP contribution in [0.25, 0.3) is 0 Å². The first kappa shape index (κ1) is 13.2.